The number of benzene rings is 2. The van der Waals surface area contributed by atoms with Crippen LogP contribution in [-0.4, -0.2) is 10.9 Å². The third-order valence-corrected chi connectivity index (χ3v) is 3.54. The standard InChI is InChI=1S/C16H11ClF2N2O/c17-10-4-5-14-11(7-10)9(8-20-14)6-15(22)21-16-12(18)2-1-3-13(16)19/h1-5,7-8,20H,6H2,(H,21,22). The van der Waals surface area contributed by atoms with Crippen molar-refractivity contribution in [2.45, 2.75) is 6.42 Å². The van der Waals surface area contributed by atoms with Crippen LogP contribution in [0.25, 0.3) is 10.9 Å². The summed E-state index contributed by atoms with van der Waals surface area (Å²) in [6.07, 6.45) is 1.66. The molecule has 0 radical (unpaired) electrons. The molecule has 2 N–H and O–H groups in total. The molecule has 0 bridgehead atoms. The van der Waals surface area contributed by atoms with Gasteiger partial charge in [-0.3, -0.25) is 4.79 Å². The van der Waals surface area contributed by atoms with E-state index in [9.17, 15) is 13.6 Å². The first-order chi connectivity index (χ1) is 10.5. The van der Waals surface area contributed by atoms with Gasteiger partial charge in [-0.2, -0.15) is 0 Å². The van der Waals surface area contributed by atoms with Gasteiger partial charge in [-0.1, -0.05) is 17.7 Å². The Hall–Kier alpha value is -2.40. The number of aromatic amines is 1. The minimum atomic E-state index is -0.810. The van der Waals surface area contributed by atoms with E-state index in [1.807, 2.05) is 0 Å². The number of para-hydroxylation sites is 1. The zero-order chi connectivity index (χ0) is 15.7. The molecule has 0 fully saturated rings. The summed E-state index contributed by atoms with van der Waals surface area (Å²) in [5.41, 5.74) is 1.10. The summed E-state index contributed by atoms with van der Waals surface area (Å²) in [5, 5.41) is 3.61. The molecule has 6 heteroatoms. The molecule has 0 spiro atoms. The number of amides is 1. The first-order valence-corrected chi connectivity index (χ1v) is 6.92. The summed E-state index contributed by atoms with van der Waals surface area (Å²) in [7, 11) is 0. The Bertz CT molecular complexity index is 840. The van der Waals surface area contributed by atoms with E-state index in [4.69, 9.17) is 11.6 Å². The summed E-state index contributed by atoms with van der Waals surface area (Å²) in [6.45, 7) is 0. The highest BCUT2D eigenvalue weighted by atomic mass is 35.5. The number of anilines is 1. The third-order valence-electron chi connectivity index (χ3n) is 3.31. The van der Waals surface area contributed by atoms with Gasteiger partial charge in [0.05, 0.1) is 6.42 Å². The second kappa shape index (κ2) is 5.77. The van der Waals surface area contributed by atoms with Crippen LogP contribution in [0, 0.1) is 11.6 Å². The Balaban J connectivity index is 1.83. The molecule has 112 valence electrons. The molecule has 0 aliphatic rings. The number of aromatic nitrogens is 1. The molecule has 3 nitrogen and oxygen atoms in total. The number of hydrogen-bond acceptors (Lipinski definition) is 1. The van der Waals surface area contributed by atoms with Crippen LogP contribution in [0.5, 0.6) is 0 Å². The lowest BCUT2D eigenvalue weighted by atomic mass is 10.1. The molecule has 0 aliphatic heterocycles. The van der Waals surface area contributed by atoms with Crippen molar-refractivity contribution in [2.24, 2.45) is 0 Å². The minimum Gasteiger partial charge on any atom is -0.361 e. The first kappa shape index (κ1) is 14.5. The van der Waals surface area contributed by atoms with E-state index in [0.717, 1.165) is 23.0 Å². The van der Waals surface area contributed by atoms with Crippen molar-refractivity contribution >= 4 is 34.1 Å². The van der Waals surface area contributed by atoms with Gasteiger partial charge in [0.25, 0.3) is 0 Å². The quantitative estimate of drug-likeness (QED) is 0.743. The Morgan fingerprint density at radius 3 is 2.64 bits per heavy atom. The number of halogens is 3. The van der Waals surface area contributed by atoms with Gasteiger partial charge in [0, 0.05) is 22.1 Å². The summed E-state index contributed by atoms with van der Waals surface area (Å²) < 4.78 is 27.0. The highest BCUT2D eigenvalue weighted by Crippen LogP contribution is 2.23. The molecular formula is C16H11ClF2N2O. The Morgan fingerprint density at radius 1 is 1.18 bits per heavy atom. The molecule has 0 atom stereocenters. The van der Waals surface area contributed by atoms with Crippen LogP contribution in [0.4, 0.5) is 14.5 Å². The SMILES string of the molecule is O=C(Cc1c[nH]c2ccc(Cl)cc12)Nc1c(F)cccc1F. The first-order valence-electron chi connectivity index (χ1n) is 6.54. The molecule has 1 aromatic heterocycles. The lowest BCUT2D eigenvalue weighted by Gasteiger charge is -2.07. The lowest BCUT2D eigenvalue weighted by molar-refractivity contribution is -0.115. The molecule has 22 heavy (non-hydrogen) atoms. The number of rotatable bonds is 3. The van der Waals surface area contributed by atoms with Gasteiger partial charge in [-0.05, 0) is 35.9 Å². The zero-order valence-corrected chi connectivity index (χ0v) is 12.0. The van der Waals surface area contributed by atoms with E-state index < -0.39 is 23.2 Å². The van der Waals surface area contributed by atoms with E-state index in [-0.39, 0.29) is 6.42 Å². The maximum atomic E-state index is 13.5. The number of nitrogens with one attached hydrogen (secondary N) is 2. The number of hydrogen-bond donors (Lipinski definition) is 2. The predicted molar refractivity (Wildman–Crippen MR) is 82.0 cm³/mol. The van der Waals surface area contributed by atoms with E-state index in [2.05, 4.69) is 10.3 Å². The van der Waals surface area contributed by atoms with Crippen LogP contribution in [-0.2, 0) is 11.2 Å². The summed E-state index contributed by atoms with van der Waals surface area (Å²) >= 11 is 5.94. The number of carbonyl (C=O) groups excluding carboxylic acids is 1. The van der Waals surface area contributed by atoms with E-state index in [1.54, 1.807) is 24.4 Å². The molecule has 1 amide bonds. The van der Waals surface area contributed by atoms with Gasteiger partial charge in [-0.25, -0.2) is 8.78 Å². The summed E-state index contributed by atoms with van der Waals surface area (Å²) in [5.74, 6) is -2.13. The second-order valence-electron chi connectivity index (χ2n) is 4.83. The Labute approximate surface area is 129 Å². The van der Waals surface area contributed by atoms with Crippen molar-refractivity contribution < 1.29 is 13.6 Å². The van der Waals surface area contributed by atoms with E-state index in [1.165, 1.54) is 6.07 Å². The topological polar surface area (TPSA) is 44.9 Å². The molecule has 0 saturated heterocycles. The molecule has 1 heterocycles. The maximum absolute atomic E-state index is 13.5. The van der Waals surface area contributed by atoms with Crippen LogP contribution >= 0.6 is 11.6 Å². The van der Waals surface area contributed by atoms with Crippen molar-refractivity contribution in [3.63, 3.8) is 0 Å². The molecular weight excluding hydrogens is 310 g/mol. The van der Waals surface area contributed by atoms with Crippen LogP contribution in [0.15, 0.2) is 42.6 Å². The average molecular weight is 321 g/mol. The van der Waals surface area contributed by atoms with Crippen molar-refractivity contribution in [3.05, 3.63) is 64.8 Å². The molecule has 0 saturated carbocycles. The largest absolute Gasteiger partial charge is 0.361 e. The number of fused-ring (bicyclic) bond motifs is 1. The van der Waals surface area contributed by atoms with E-state index >= 15 is 0 Å². The molecule has 0 aliphatic carbocycles. The van der Waals surface area contributed by atoms with Crippen molar-refractivity contribution in [1.82, 2.24) is 4.98 Å². The highest BCUT2D eigenvalue weighted by molar-refractivity contribution is 6.31. The zero-order valence-electron chi connectivity index (χ0n) is 11.3. The third kappa shape index (κ3) is 2.80. The number of H-pyrrole nitrogens is 1. The van der Waals surface area contributed by atoms with Gasteiger partial charge in [0.15, 0.2) is 0 Å². The van der Waals surface area contributed by atoms with Gasteiger partial charge >= 0.3 is 0 Å². The Kier molecular flexibility index (Phi) is 3.81. The van der Waals surface area contributed by atoms with Crippen molar-refractivity contribution in [2.75, 3.05) is 5.32 Å². The monoisotopic (exact) mass is 320 g/mol. The van der Waals surface area contributed by atoms with Crippen molar-refractivity contribution in [3.8, 4) is 0 Å². The van der Waals surface area contributed by atoms with Gasteiger partial charge in [0.2, 0.25) is 5.91 Å². The smallest absolute Gasteiger partial charge is 0.229 e. The number of carbonyl (C=O) groups is 1. The second-order valence-corrected chi connectivity index (χ2v) is 5.26. The fraction of sp³-hybridized carbons (Fsp3) is 0.0625. The molecule has 3 aromatic rings. The van der Waals surface area contributed by atoms with Gasteiger partial charge in [0.1, 0.15) is 17.3 Å². The summed E-state index contributed by atoms with van der Waals surface area (Å²) in [4.78, 5) is 15.0. The fourth-order valence-electron chi connectivity index (χ4n) is 2.27. The average Bonchev–Trinajstić information content (AvgIpc) is 2.85. The molecule has 3 rings (SSSR count). The Morgan fingerprint density at radius 2 is 1.91 bits per heavy atom. The van der Waals surface area contributed by atoms with Crippen molar-refractivity contribution in [1.29, 1.82) is 0 Å². The molecule has 2 aromatic carbocycles. The summed E-state index contributed by atoms with van der Waals surface area (Å²) in [6, 6.07) is 8.69. The highest BCUT2D eigenvalue weighted by Gasteiger charge is 2.14. The van der Waals surface area contributed by atoms with Crippen LogP contribution in [0.2, 0.25) is 5.02 Å². The van der Waals surface area contributed by atoms with E-state index in [0.29, 0.717) is 10.6 Å². The van der Waals surface area contributed by atoms with Gasteiger partial charge < -0.3 is 10.3 Å². The maximum Gasteiger partial charge on any atom is 0.229 e. The van der Waals surface area contributed by atoms with Crippen LogP contribution in [0.1, 0.15) is 5.56 Å². The fourth-order valence-corrected chi connectivity index (χ4v) is 2.44. The van der Waals surface area contributed by atoms with Crippen LogP contribution in [0.3, 0.4) is 0 Å². The predicted octanol–water partition coefficient (Wildman–Crippen LogP) is 4.28. The minimum absolute atomic E-state index is 0.0197. The molecule has 0 unspecified atom stereocenters. The normalized spacial score (nSPS) is 10.9. The lowest BCUT2D eigenvalue weighted by Crippen LogP contribution is -2.16. The van der Waals surface area contributed by atoms with Crippen LogP contribution < -0.4 is 5.32 Å². The van der Waals surface area contributed by atoms with Gasteiger partial charge in [-0.15, -0.1) is 0 Å².